The molecule has 0 bridgehead atoms. The van der Waals surface area contributed by atoms with Crippen molar-refractivity contribution in [2.45, 2.75) is 65.0 Å². The molecular weight excluding hydrogens is 368 g/mol. The molecule has 2 aliphatic rings. The summed E-state index contributed by atoms with van der Waals surface area (Å²) in [7, 11) is 3.37. The molecule has 164 valence electrons. The Kier molecular flexibility index (Phi) is 7.44. The molecule has 2 heterocycles. The number of benzene rings is 1. The van der Waals surface area contributed by atoms with Crippen LogP contribution in [0.25, 0.3) is 0 Å². The van der Waals surface area contributed by atoms with E-state index in [1.807, 2.05) is 0 Å². The number of piperidine rings is 1. The fourth-order valence-electron chi connectivity index (χ4n) is 4.98. The second-order valence-electron chi connectivity index (χ2n) is 9.71. The first-order valence-electron chi connectivity index (χ1n) is 11.0. The van der Waals surface area contributed by atoms with Gasteiger partial charge in [-0.2, -0.15) is 0 Å². The lowest BCUT2D eigenvalue weighted by Gasteiger charge is -2.47. The van der Waals surface area contributed by atoms with E-state index in [-0.39, 0.29) is 12.7 Å². The number of ether oxygens (including phenoxy) is 3. The molecule has 3 rings (SSSR count). The molecule has 0 aliphatic carbocycles. The first-order chi connectivity index (χ1) is 13.9. The maximum absolute atomic E-state index is 12.9. The Hall–Kier alpha value is -1.33. The minimum atomic E-state index is -0.415. The van der Waals surface area contributed by atoms with Crippen molar-refractivity contribution in [2.75, 3.05) is 40.6 Å². The van der Waals surface area contributed by atoms with Gasteiger partial charge in [0.25, 0.3) is 0 Å². The summed E-state index contributed by atoms with van der Waals surface area (Å²) >= 11 is 0. The van der Waals surface area contributed by atoms with Crippen molar-refractivity contribution >= 4 is 0 Å². The van der Waals surface area contributed by atoms with Gasteiger partial charge in [0.05, 0.1) is 26.9 Å². The Bertz CT molecular complexity index is 673. The molecule has 2 aliphatic heterocycles. The van der Waals surface area contributed by atoms with Gasteiger partial charge >= 0.3 is 0 Å². The molecule has 3 atom stereocenters. The van der Waals surface area contributed by atoms with Crippen molar-refractivity contribution in [3.63, 3.8) is 0 Å². The van der Waals surface area contributed by atoms with Gasteiger partial charge in [-0.3, -0.25) is 4.90 Å². The third-order valence-corrected chi connectivity index (χ3v) is 6.47. The minimum Gasteiger partial charge on any atom is -0.493 e. The van der Waals surface area contributed by atoms with E-state index >= 15 is 0 Å². The molecule has 0 N–H and O–H groups in total. The predicted molar refractivity (Wildman–Crippen MR) is 115 cm³/mol. The number of rotatable bonds is 8. The number of methoxy groups -OCH3 is 2. The average Bonchev–Trinajstić information content (AvgIpc) is 2.69. The number of halogens is 1. The van der Waals surface area contributed by atoms with Crippen molar-refractivity contribution in [3.05, 3.63) is 23.3 Å². The summed E-state index contributed by atoms with van der Waals surface area (Å²) < 4.78 is 30.0. The summed E-state index contributed by atoms with van der Waals surface area (Å²) in [5, 5.41) is 0. The molecule has 0 spiro atoms. The molecule has 5 heteroatoms. The highest BCUT2D eigenvalue weighted by Crippen LogP contribution is 2.44. The molecule has 1 aromatic rings. The van der Waals surface area contributed by atoms with E-state index in [0.717, 1.165) is 43.9 Å². The Labute approximate surface area is 175 Å². The SMILES string of the molecule is COc1cc2c(cc1OC)[C@H]1C[C@@H](OCC[18F])[C@H](CCCC(C)(C)C)CN1CC2. The minimum absolute atomic E-state index is 0.117. The van der Waals surface area contributed by atoms with Gasteiger partial charge in [-0.25, -0.2) is 4.39 Å². The smallest absolute Gasteiger partial charge is 0.161 e. The van der Waals surface area contributed by atoms with E-state index in [9.17, 15) is 4.39 Å². The topological polar surface area (TPSA) is 30.9 Å². The van der Waals surface area contributed by atoms with Crippen molar-refractivity contribution in [1.82, 2.24) is 4.90 Å². The van der Waals surface area contributed by atoms with E-state index in [2.05, 4.69) is 37.8 Å². The fourth-order valence-corrected chi connectivity index (χ4v) is 4.98. The quantitative estimate of drug-likeness (QED) is 0.594. The molecule has 0 unspecified atom stereocenters. The highest BCUT2D eigenvalue weighted by molar-refractivity contribution is 5.49. The third-order valence-electron chi connectivity index (χ3n) is 6.47. The molecule has 29 heavy (non-hydrogen) atoms. The summed E-state index contributed by atoms with van der Waals surface area (Å²) in [4.78, 5) is 2.60. The number of hydrogen-bond donors (Lipinski definition) is 0. The zero-order valence-electron chi connectivity index (χ0n) is 18.8. The lowest BCUT2D eigenvalue weighted by molar-refractivity contribution is -0.0644. The third kappa shape index (κ3) is 5.43. The first-order valence-corrected chi connectivity index (χ1v) is 11.0. The van der Waals surface area contributed by atoms with Crippen LogP contribution in [0.3, 0.4) is 0 Å². The second-order valence-corrected chi connectivity index (χ2v) is 9.71. The van der Waals surface area contributed by atoms with Crippen LogP contribution in [0.5, 0.6) is 11.5 Å². The fraction of sp³-hybridized carbons (Fsp3) is 0.750. The molecular formula is C24H38FNO3. The Morgan fingerprint density at radius 1 is 1.14 bits per heavy atom. The molecule has 0 aromatic heterocycles. The summed E-state index contributed by atoms with van der Waals surface area (Å²) in [6, 6.07) is 4.57. The number of alkyl halides is 1. The van der Waals surface area contributed by atoms with Gasteiger partial charge in [-0.15, -0.1) is 0 Å². The Morgan fingerprint density at radius 3 is 2.52 bits per heavy atom. The molecule has 4 nitrogen and oxygen atoms in total. The zero-order chi connectivity index (χ0) is 21.0. The molecule has 1 saturated heterocycles. The highest BCUT2D eigenvalue weighted by atomic mass is 18.2. The van der Waals surface area contributed by atoms with Gasteiger partial charge in [0.15, 0.2) is 11.5 Å². The van der Waals surface area contributed by atoms with E-state index in [1.165, 1.54) is 24.0 Å². The van der Waals surface area contributed by atoms with Crippen LogP contribution in [0, 0.1) is 11.3 Å². The van der Waals surface area contributed by atoms with Crippen LogP contribution in [-0.2, 0) is 11.2 Å². The van der Waals surface area contributed by atoms with E-state index in [0.29, 0.717) is 17.4 Å². The highest BCUT2D eigenvalue weighted by Gasteiger charge is 2.39. The van der Waals surface area contributed by atoms with Crippen LogP contribution in [0.1, 0.15) is 63.6 Å². The molecule has 0 radical (unpaired) electrons. The molecule has 0 saturated carbocycles. The second kappa shape index (κ2) is 9.65. The summed E-state index contributed by atoms with van der Waals surface area (Å²) in [6.45, 7) is 8.75. The van der Waals surface area contributed by atoms with Crippen LogP contribution in [-0.4, -0.2) is 51.6 Å². The maximum atomic E-state index is 12.9. The van der Waals surface area contributed by atoms with Crippen molar-refractivity contribution in [1.29, 1.82) is 0 Å². The number of fused-ring (bicyclic) bond motifs is 3. The van der Waals surface area contributed by atoms with Gasteiger partial charge in [-0.1, -0.05) is 27.2 Å². The predicted octanol–water partition coefficient (Wildman–Crippen LogP) is 5.19. The number of hydrogen-bond acceptors (Lipinski definition) is 4. The summed E-state index contributed by atoms with van der Waals surface area (Å²) in [6.07, 6.45) is 5.62. The van der Waals surface area contributed by atoms with Gasteiger partial charge in [0, 0.05) is 19.1 Å². The Balaban J connectivity index is 1.78. The Morgan fingerprint density at radius 2 is 1.86 bits per heavy atom. The van der Waals surface area contributed by atoms with Gasteiger partial charge in [0.2, 0.25) is 0 Å². The lowest BCUT2D eigenvalue weighted by atomic mass is 9.79. The van der Waals surface area contributed by atoms with Gasteiger partial charge in [-0.05, 0) is 60.3 Å². The largest absolute Gasteiger partial charge is 0.493 e. The van der Waals surface area contributed by atoms with Crippen LogP contribution in [0.2, 0.25) is 0 Å². The van der Waals surface area contributed by atoms with Crippen LogP contribution in [0.15, 0.2) is 12.1 Å². The standard InChI is InChI=1S/C24H38FNO3/c1-24(2,3)9-6-7-18-16-26-11-8-17-13-22(27-4)23(28-5)14-19(17)20(26)15-21(18)29-12-10-25/h13-14,18,20-21H,6-12,15-16H2,1-5H3/t18-,20-,21-/m1/s1/i25-1. The normalized spacial score (nSPS) is 24.7. The monoisotopic (exact) mass is 406 g/mol. The molecule has 1 aromatic carbocycles. The lowest BCUT2D eigenvalue weighted by Crippen LogP contribution is -2.49. The molecule has 1 fully saturated rings. The van der Waals surface area contributed by atoms with E-state index < -0.39 is 6.67 Å². The number of nitrogens with zero attached hydrogens (tertiary/aromatic N) is 1. The van der Waals surface area contributed by atoms with Crippen molar-refractivity contribution < 1.29 is 18.6 Å². The summed E-state index contributed by atoms with van der Waals surface area (Å²) in [5.41, 5.74) is 3.00. The van der Waals surface area contributed by atoms with Gasteiger partial charge in [0.1, 0.15) is 6.67 Å². The summed E-state index contributed by atoms with van der Waals surface area (Å²) in [5.74, 6) is 2.05. The van der Waals surface area contributed by atoms with Crippen LogP contribution in [0.4, 0.5) is 4.39 Å². The first kappa shape index (κ1) is 22.4. The van der Waals surface area contributed by atoms with Crippen LogP contribution >= 0.6 is 0 Å². The average molecular weight is 407 g/mol. The molecule has 0 amide bonds. The van der Waals surface area contributed by atoms with E-state index in [1.54, 1.807) is 14.2 Å². The van der Waals surface area contributed by atoms with Crippen molar-refractivity contribution in [2.24, 2.45) is 11.3 Å². The van der Waals surface area contributed by atoms with Crippen LogP contribution < -0.4 is 9.47 Å². The van der Waals surface area contributed by atoms with Gasteiger partial charge < -0.3 is 14.2 Å². The van der Waals surface area contributed by atoms with Crippen molar-refractivity contribution in [3.8, 4) is 11.5 Å². The zero-order valence-corrected chi connectivity index (χ0v) is 18.8. The maximum Gasteiger partial charge on any atom is 0.161 e. The van der Waals surface area contributed by atoms with E-state index in [4.69, 9.17) is 14.2 Å².